The largest absolute Gasteiger partial charge is 0.480 e. The van der Waals surface area contributed by atoms with E-state index in [1.807, 2.05) is 35.1 Å². The van der Waals surface area contributed by atoms with Crippen molar-refractivity contribution in [2.45, 2.75) is 109 Å². The second kappa shape index (κ2) is 19.1. The van der Waals surface area contributed by atoms with Crippen molar-refractivity contribution in [2.75, 3.05) is 43.4 Å². The summed E-state index contributed by atoms with van der Waals surface area (Å²) in [5.41, 5.74) is 1.62. The lowest BCUT2D eigenvalue weighted by Gasteiger charge is -2.33. The third-order valence-corrected chi connectivity index (χ3v) is 9.44. The predicted octanol–water partition coefficient (Wildman–Crippen LogP) is 2.90. The summed E-state index contributed by atoms with van der Waals surface area (Å²) in [5, 5.41) is 35.4. The standard InChI is InChI=1S/C35H53N11O4/c1-25(47)39-31(34(49)50)13-14-32(48)45-21-15-27(16-22-45)40-33-29-11-5-6-12-30(29)41-35(42-33)38-23-28-24-46(44-43-28)20-8-18-36-17-7-19-37-26-9-3-2-4-10-26/h5-6,11-12,24,26-27,31,36-37H,2-4,7-10,13-23H2,1H3,(H,39,47)(H,49,50)(H2,38,40,41,42)/t31-/m0/s1. The highest BCUT2D eigenvalue weighted by Crippen LogP contribution is 2.25. The van der Waals surface area contributed by atoms with Gasteiger partial charge >= 0.3 is 5.97 Å². The molecule has 1 aliphatic carbocycles. The molecule has 50 heavy (non-hydrogen) atoms. The molecule has 15 nitrogen and oxygen atoms in total. The van der Waals surface area contributed by atoms with Gasteiger partial charge in [0.05, 0.1) is 18.3 Å². The number of carbonyl (C=O) groups excluding carboxylic acids is 2. The number of fused-ring (bicyclic) bond motifs is 1. The number of rotatable bonds is 19. The van der Waals surface area contributed by atoms with Crippen LogP contribution >= 0.6 is 0 Å². The first kappa shape index (κ1) is 36.9. The fourth-order valence-corrected chi connectivity index (χ4v) is 6.68. The number of aliphatic carboxylic acids is 1. The maximum atomic E-state index is 12.8. The van der Waals surface area contributed by atoms with Gasteiger partial charge in [0.1, 0.15) is 17.6 Å². The molecule has 2 aromatic heterocycles. The lowest BCUT2D eigenvalue weighted by Crippen LogP contribution is -2.44. The van der Waals surface area contributed by atoms with Crippen molar-refractivity contribution in [3.8, 4) is 0 Å². The van der Waals surface area contributed by atoms with E-state index in [2.05, 4.69) is 36.9 Å². The molecule has 1 aliphatic heterocycles. The Balaban J connectivity index is 1.04. The van der Waals surface area contributed by atoms with Gasteiger partial charge in [-0.1, -0.05) is 36.6 Å². The first-order valence-electron chi connectivity index (χ1n) is 18.2. The summed E-state index contributed by atoms with van der Waals surface area (Å²) in [6.45, 7) is 6.64. The highest BCUT2D eigenvalue weighted by molar-refractivity contribution is 5.90. The molecule has 0 radical (unpaired) electrons. The summed E-state index contributed by atoms with van der Waals surface area (Å²) in [5.74, 6) is -0.473. The van der Waals surface area contributed by atoms with Crippen molar-refractivity contribution in [2.24, 2.45) is 0 Å². The van der Waals surface area contributed by atoms with Crippen molar-refractivity contribution in [1.82, 2.24) is 45.8 Å². The van der Waals surface area contributed by atoms with Crippen LogP contribution in [-0.2, 0) is 27.5 Å². The Bertz CT molecular complexity index is 1540. The fourth-order valence-electron chi connectivity index (χ4n) is 6.68. The third-order valence-electron chi connectivity index (χ3n) is 9.44. The van der Waals surface area contributed by atoms with Crippen LogP contribution in [0.1, 0.15) is 83.2 Å². The number of likely N-dealkylation sites (tertiary alicyclic amines) is 1. The number of benzene rings is 1. The second-order valence-corrected chi connectivity index (χ2v) is 13.4. The topological polar surface area (TPSA) is 191 Å². The molecular weight excluding hydrogens is 638 g/mol. The molecule has 1 atom stereocenters. The molecule has 0 unspecified atom stereocenters. The quantitative estimate of drug-likeness (QED) is 0.101. The van der Waals surface area contributed by atoms with Crippen LogP contribution in [0.4, 0.5) is 11.8 Å². The van der Waals surface area contributed by atoms with Crippen molar-refractivity contribution in [1.29, 1.82) is 0 Å². The number of amides is 2. The zero-order valence-corrected chi connectivity index (χ0v) is 29.2. The Hall–Kier alpha value is -4.37. The number of nitrogens with one attached hydrogen (secondary N) is 5. The smallest absolute Gasteiger partial charge is 0.326 e. The number of carboxylic acid groups (broad SMARTS) is 1. The maximum Gasteiger partial charge on any atom is 0.326 e. The van der Waals surface area contributed by atoms with Crippen LogP contribution in [-0.4, -0.2) is 104 Å². The van der Waals surface area contributed by atoms with Gasteiger partial charge in [-0.2, -0.15) is 4.98 Å². The second-order valence-electron chi connectivity index (χ2n) is 13.4. The molecule has 3 aromatic rings. The highest BCUT2D eigenvalue weighted by Gasteiger charge is 2.26. The number of carbonyl (C=O) groups is 3. The molecule has 15 heteroatoms. The molecule has 5 rings (SSSR count). The van der Waals surface area contributed by atoms with Crippen molar-refractivity contribution < 1.29 is 19.5 Å². The van der Waals surface area contributed by atoms with E-state index in [4.69, 9.17) is 9.97 Å². The van der Waals surface area contributed by atoms with Gasteiger partial charge in [0.15, 0.2) is 0 Å². The van der Waals surface area contributed by atoms with Gasteiger partial charge in [-0.3, -0.25) is 14.3 Å². The number of hydrogen-bond donors (Lipinski definition) is 6. The molecule has 2 amide bonds. The third kappa shape index (κ3) is 11.6. The summed E-state index contributed by atoms with van der Waals surface area (Å²) >= 11 is 0. The van der Waals surface area contributed by atoms with E-state index in [0.717, 1.165) is 80.3 Å². The zero-order valence-electron chi connectivity index (χ0n) is 29.2. The average Bonchev–Trinajstić information content (AvgIpc) is 3.58. The number of aryl methyl sites for hydroxylation is 1. The Morgan fingerprint density at radius 1 is 0.960 bits per heavy atom. The van der Waals surface area contributed by atoms with Crippen LogP contribution in [0.3, 0.4) is 0 Å². The van der Waals surface area contributed by atoms with Gasteiger partial charge in [0, 0.05) is 50.4 Å². The minimum absolute atomic E-state index is 0.0565. The van der Waals surface area contributed by atoms with E-state index in [1.165, 1.54) is 39.0 Å². The summed E-state index contributed by atoms with van der Waals surface area (Å²) < 4.78 is 1.88. The summed E-state index contributed by atoms with van der Waals surface area (Å²) in [6, 6.07) is 7.60. The van der Waals surface area contributed by atoms with E-state index >= 15 is 0 Å². The van der Waals surface area contributed by atoms with Crippen molar-refractivity contribution in [3.63, 3.8) is 0 Å². The lowest BCUT2D eigenvalue weighted by atomic mass is 9.95. The summed E-state index contributed by atoms with van der Waals surface area (Å²) in [6.07, 6.45) is 12.4. The van der Waals surface area contributed by atoms with E-state index in [-0.39, 0.29) is 24.8 Å². The Kier molecular flexibility index (Phi) is 14.1. The molecule has 272 valence electrons. The van der Waals surface area contributed by atoms with Crippen LogP contribution in [0.25, 0.3) is 10.9 Å². The number of para-hydroxylation sites is 1. The lowest BCUT2D eigenvalue weighted by molar-refractivity contribution is -0.142. The summed E-state index contributed by atoms with van der Waals surface area (Å²) in [4.78, 5) is 46.8. The molecule has 2 aliphatic rings. The van der Waals surface area contributed by atoms with Crippen molar-refractivity contribution >= 4 is 40.5 Å². The Morgan fingerprint density at radius 2 is 1.74 bits per heavy atom. The first-order chi connectivity index (χ1) is 24.3. The number of nitrogens with zero attached hydrogens (tertiary/aromatic N) is 6. The van der Waals surface area contributed by atoms with Crippen LogP contribution in [0.5, 0.6) is 0 Å². The van der Waals surface area contributed by atoms with Gasteiger partial charge in [-0.05, 0) is 76.7 Å². The molecule has 6 N–H and O–H groups in total. The number of piperidine rings is 1. The van der Waals surface area contributed by atoms with E-state index in [0.29, 0.717) is 25.6 Å². The van der Waals surface area contributed by atoms with Crippen LogP contribution in [0.15, 0.2) is 30.5 Å². The van der Waals surface area contributed by atoms with Gasteiger partial charge < -0.3 is 36.6 Å². The van der Waals surface area contributed by atoms with Gasteiger partial charge in [0.2, 0.25) is 17.8 Å². The average molecular weight is 692 g/mol. The normalized spacial score (nSPS) is 16.3. The van der Waals surface area contributed by atoms with Crippen molar-refractivity contribution in [3.05, 3.63) is 36.2 Å². The predicted molar refractivity (Wildman–Crippen MR) is 192 cm³/mol. The van der Waals surface area contributed by atoms with E-state index < -0.39 is 17.9 Å². The Labute approximate surface area is 293 Å². The highest BCUT2D eigenvalue weighted by atomic mass is 16.4. The maximum absolute atomic E-state index is 12.8. The molecule has 0 bridgehead atoms. The zero-order chi connectivity index (χ0) is 35.1. The molecule has 0 spiro atoms. The monoisotopic (exact) mass is 691 g/mol. The fraction of sp³-hybridized carbons (Fsp3) is 0.629. The molecule has 3 heterocycles. The SMILES string of the molecule is CC(=O)N[C@@H](CCC(=O)N1CCC(Nc2nc(NCc3cn(CCCNCCCNC4CCCCC4)nn3)nc3ccccc23)CC1)C(=O)O. The van der Waals surface area contributed by atoms with Crippen LogP contribution in [0, 0.1) is 0 Å². The van der Waals surface area contributed by atoms with Gasteiger partial charge in [-0.25, -0.2) is 9.78 Å². The minimum Gasteiger partial charge on any atom is -0.480 e. The van der Waals surface area contributed by atoms with Gasteiger partial charge in [0.25, 0.3) is 0 Å². The molecule has 1 aromatic carbocycles. The van der Waals surface area contributed by atoms with E-state index in [9.17, 15) is 19.5 Å². The number of aromatic nitrogens is 5. The summed E-state index contributed by atoms with van der Waals surface area (Å²) in [7, 11) is 0. The minimum atomic E-state index is -1.14. The van der Waals surface area contributed by atoms with Crippen LogP contribution in [0.2, 0.25) is 0 Å². The molecule has 1 saturated heterocycles. The Morgan fingerprint density at radius 3 is 2.52 bits per heavy atom. The molecular formula is C35H53N11O4. The van der Waals surface area contributed by atoms with Gasteiger partial charge in [-0.15, -0.1) is 5.10 Å². The van der Waals surface area contributed by atoms with E-state index in [1.54, 1.807) is 4.90 Å². The number of anilines is 2. The number of hydrogen-bond acceptors (Lipinski definition) is 11. The van der Waals surface area contributed by atoms with Crippen LogP contribution < -0.4 is 26.6 Å². The molecule has 1 saturated carbocycles. The first-order valence-corrected chi connectivity index (χ1v) is 18.2. The molecule has 2 fully saturated rings. The number of carboxylic acids is 1.